The number of rotatable bonds is 10. The number of carbonyl (C=O) groups excluding carboxylic acids is 1. The minimum Gasteiger partial charge on any atom is -0.426 e. The van der Waals surface area contributed by atoms with E-state index in [1.165, 1.54) is 0 Å². The lowest BCUT2D eigenvalue weighted by Crippen LogP contribution is -2.58. The maximum Gasteiger partial charge on any atom is 0.316 e. The average molecular weight is 801 g/mol. The Balaban J connectivity index is 1.00. The fourth-order valence-corrected chi connectivity index (χ4v) is 12.0. The largest absolute Gasteiger partial charge is 0.426 e. The van der Waals surface area contributed by atoms with Gasteiger partial charge >= 0.3 is 5.97 Å². The molecule has 2 N–H and O–H groups in total. The molecule has 7 rings (SSSR count). The van der Waals surface area contributed by atoms with Gasteiger partial charge in [-0.15, -0.1) is 0 Å². The Morgan fingerprint density at radius 1 is 0.860 bits per heavy atom. The predicted octanol–water partition coefficient (Wildman–Crippen LogP) is 7.23. The SMILES string of the molecule is COC1C[C@@H](C[C@H]2CC[C@H](C)C([C@@H](C)C(=O)Oc3ccccc3)O2)O[C@]2(O[C@](C)(C3CC[C@@](C)(C4OC(C5O[C@@](O)(CO)[C@H](C)C[C@@H]5C)C[C@@H]4C)O3)C[C@H]2C)C1C. The normalized spacial score (nSPS) is 49.6. The van der Waals surface area contributed by atoms with E-state index in [0.717, 1.165) is 51.4 Å². The summed E-state index contributed by atoms with van der Waals surface area (Å²) in [7, 11) is 1.79. The second-order valence-corrected chi connectivity index (χ2v) is 19.8. The first-order valence-electron chi connectivity index (χ1n) is 22.1. The van der Waals surface area contributed by atoms with Crippen LogP contribution >= 0.6 is 0 Å². The van der Waals surface area contributed by atoms with Crippen molar-refractivity contribution in [3.8, 4) is 5.75 Å². The van der Waals surface area contributed by atoms with E-state index < -0.39 is 35.3 Å². The maximum atomic E-state index is 13.2. The minimum absolute atomic E-state index is 0.00658. The number of hydrogen-bond acceptors (Lipinski definition) is 11. The number of esters is 1. The second kappa shape index (κ2) is 16.7. The minimum atomic E-state index is -1.55. The van der Waals surface area contributed by atoms with E-state index in [-0.39, 0.29) is 90.3 Å². The summed E-state index contributed by atoms with van der Waals surface area (Å²) in [6.07, 6.45) is 6.04. The molecule has 0 saturated carbocycles. The summed E-state index contributed by atoms with van der Waals surface area (Å²) in [6, 6.07) is 9.22. The number of aliphatic hydroxyl groups is 2. The first-order valence-corrected chi connectivity index (χ1v) is 22.1. The van der Waals surface area contributed by atoms with Crippen LogP contribution in [0.25, 0.3) is 0 Å². The summed E-state index contributed by atoms with van der Waals surface area (Å²) in [5, 5.41) is 21.0. The zero-order chi connectivity index (χ0) is 41.1. The van der Waals surface area contributed by atoms with Gasteiger partial charge in [-0.2, -0.15) is 0 Å². The van der Waals surface area contributed by atoms with Crippen molar-refractivity contribution in [3.05, 3.63) is 30.3 Å². The molecule has 11 heteroatoms. The fraction of sp³-hybridized carbons (Fsp3) is 0.848. The fourth-order valence-electron chi connectivity index (χ4n) is 12.0. The van der Waals surface area contributed by atoms with Gasteiger partial charge < -0.3 is 48.1 Å². The standard InChI is InChI=1S/C46H72O11/c1-26-16-17-34(51-39(26)31(6)42(48)52-33-14-12-11-13-15-33)22-35-23-36(50-10)32(7)46(54-35)30(5)24-44(9,57-46)38-18-19-43(8,55-38)41-28(3)21-37(53-41)40-27(2)20-29(4)45(49,25-47)56-40/h11-15,26-32,34-41,47,49H,16-25H2,1-10H3/t26-,27-,28-,29+,30+,31+,32?,34+,35+,36?,37?,38?,39?,40?,41?,43-,44-,45-,46+/m0/s1. The lowest BCUT2D eigenvalue weighted by atomic mass is 9.78. The molecule has 6 saturated heterocycles. The highest BCUT2D eigenvalue weighted by Gasteiger charge is 2.65. The molecule has 0 aromatic heterocycles. The van der Waals surface area contributed by atoms with Crippen LogP contribution in [0.3, 0.4) is 0 Å². The van der Waals surface area contributed by atoms with Crippen LogP contribution in [-0.2, 0) is 38.0 Å². The molecule has 57 heavy (non-hydrogen) atoms. The van der Waals surface area contributed by atoms with Crippen molar-refractivity contribution in [1.82, 2.24) is 0 Å². The van der Waals surface area contributed by atoms with Crippen molar-refractivity contribution in [2.45, 2.75) is 192 Å². The summed E-state index contributed by atoms with van der Waals surface area (Å²) in [6.45, 7) is 18.8. The van der Waals surface area contributed by atoms with Gasteiger partial charge in [0.2, 0.25) is 0 Å². The van der Waals surface area contributed by atoms with Crippen molar-refractivity contribution in [3.63, 3.8) is 0 Å². The highest BCUT2D eigenvalue weighted by molar-refractivity contribution is 5.75. The van der Waals surface area contributed by atoms with Crippen LogP contribution in [0.1, 0.15) is 120 Å². The third-order valence-electron chi connectivity index (χ3n) is 15.4. The van der Waals surface area contributed by atoms with Crippen molar-refractivity contribution in [2.75, 3.05) is 13.7 Å². The molecule has 322 valence electrons. The number of hydrogen-bond donors (Lipinski definition) is 2. The zero-order valence-corrected chi connectivity index (χ0v) is 36.2. The number of para-hydroxylation sites is 1. The van der Waals surface area contributed by atoms with Gasteiger partial charge in [-0.3, -0.25) is 4.79 Å². The molecule has 0 bridgehead atoms. The molecular weight excluding hydrogens is 728 g/mol. The Kier molecular flexibility index (Phi) is 12.7. The van der Waals surface area contributed by atoms with Gasteiger partial charge in [0.1, 0.15) is 5.75 Å². The predicted molar refractivity (Wildman–Crippen MR) is 213 cm³/mol. The Bertz CT molecular complexity index is 1530. The van der Waals surface area contributed by atoms with Crippen LogP contribution in [0.4, 0.5) is 0 Å². The monoisotopic (exact) mass is 801 g/mol. The zero-order valence-electron chi connectivity index (χ0n) is 36.2. The summed E-state index contributed by atoms with van der Waals surface area (Å²) in [5.41, 5.74) is -1.10. The summed E-state index contributed by atoms with van der Waals surface area (Å²) >= 11 is 0. The van der Waals surface area contributed by atoms with E-state index in [1.807, 2.05) is 32.0 Å². The molecule has 6 heterocycles. The van der Waals surface area contributed by atoms with Crippen molar-refractivity contribution >= 4 is 5.97 Å². The third-order valence-corrected chi connectivity index (χ3v) is 15.4. The molecule has 6 fully saturated rings. The van der Waals surface area contributed by atoms with Crippen molar-refractivity contribution < 1.29 is 52.9 Å². The number of methoxy groups -OCH3 is 1. The molecule has 1 spiro atoms. The van der Waals surface area contributed by atoms with E-state index in [9.17, 15) is 15.0 Å². The van der Waals surface area contributed by atoms with Crippen LogP contribution in [0, 0.1) is 41.4 Å². The number of benzene rings is 1. The van der Waals surface area contributed by atoms with Gasteiger partial charge in [0, 0.05) is 37.7 Å². The molecule has 1 aromatic rings. The van der Waals surface area contributed by atoms with Gasteiger partial charge in [-0.1, -0.05) is 59.7 Å². The molecule has 0 amide bonds. The first kappa shape index (κ1) is 43.4. The van der Waals surface area contributed by atoms with E-state index in [0.29, 0.717) is 12.2 Å². The number of aliphatic hydroxyl groups excluding tert-OH is 1. The molecule has 1 aromatic carbocycles. The van der Waals surface area contributed by atoms with Crippen LogP contribution < -0.4 is 4.74 Å². The Labute approximate surface area is 341 Å². The maximum absolute atomic E-state index is 13.2. The summed E-state index contributed by atoms with van der Waals surface area (Å²) in [5.74, 6) is -1.98. The van der Waals surface area contributed by atoms with Gasteiger partial charge in [-0.25, -0.2) is 0 Å². The lowest BCUT2D eigenvalue weighted by Gasteiger charge is -2.50. The van der Waals surface area contributed by atoms with E-state index in [1.54, 1.807) is 19.2 Å². The van der Waals surface area contributed by atoms with Gasteiger partial charge in [-0.05, 0) is 95.6 Å². The summed E-state index contributed by atoms with van der Waals surface area (Å²) in [4.78, 5) is 13.2. The molecular formula is C46H72O11. The molecule has 0 radical (unpaired) electrons. The number of carbonyl (C=O) groups is 1. The van der Waals surface area contributed by atoms with Crippen LogP contribution in [0.2, 0.25) is 0 Å². The Morgan fingerprint density at radius 2 is 1.60 bits per heavy atom. The molecule has 6 aliphatic heterocycles. The van der Waals surface area contributed by atoms with Crippen LogP contribution in [0.15, 0.2) is 30.3 Å². The first-order chi connectivity index (χ1) is 26.9. The quantitative estimate of drug-likeness (QED) is 0.184. The molecule has 0 aliphatic carbocycles. The second-order valence-electron chi connectivity index (χ2n) is 19.8. The number of ether oxygens (including phenoxy) is 8. The Hall–Kier alpha value is -1.67. The topological polar surface area (TPSA) is 131 Å². The highest BCUT2D eigenvalue weighted by atomic mass is 16.7. The van der Waals surface area contributed by atoms with Gasteiger partial charge in [0.15, 0.2) is 11.6 Å². The highest BCUT2D eigenvalue weighted by Crippen LogP contribution is 2.57. The van der Waals surface area contributed by atoms with Crippen LogP contribution in [0.5, 0.6) is 5.75 Å². The summed E-state index contributed by atoms with van der Waals surface area (Å²) < 4.78 is 53.3. The van der Waals surface area contributed by atoms with Crippen molar-refractivity contribution in [1.29, 1.82) is 0 Å². The van der Waals surface area contributed by atoms with E-state index in [2.05, 4.69) is 48.5 Å². The average Bonchev–Trinajstić information content (AvgIpc) is 3.86. The third kappa shape index (κ3) is 8.25. The van der Waals surface area contributed by atoms with E-state index >= 15 is 0 Å². The smallest absolute Gasteiger partial charge is 0.316 e. The van der Waals surface area contributed by atoms with Crippen molar-refractivity contribution in [2.24, 2.45) is 41.4 Å². The van der Waals surface area contributed by atoms with Gasteiger partial charge in [0.05, 0.1) is 72.6 Å². The van der Waals surface area contributed by atoms with Gasteiger partial charge in [0.25, 0.3) is 0 Å². The molecule has 11 nitrogen and oxygen atoms in total. The molecule has 19 atom stereocenters. The Morgan fingerprint density at radius 3 is 2.30 bits per heavy atom. The molecule has 6 aliphatic rings. The van der Waals surface area contributed by atoms with E-state index in [4.69, 9.17) is 37.9 Å². The molecule has 7 unspecified atom stereocenters. The van der Waals surface area contributed by atoms with Crippen LogP contribution in [-0.4, -0.2) is 102 Å². The lowest BCUT2D eigenvalue weighted by molar-refractivity contribution is -0.353.